The Morgan fingerprint density at radius 3 is 2.60 bits per heavy atom. The molecule has 3 rings (SSSR count). The predicted molar refractivity (Wildman–Crippen MR) is 91.8 cm³/mol. The first-order valence-electron chi connectivity index (χ1n) is 7.69. The topological polar surface area (TPSA) is 74.3 Å². The molecule has 2 N–H and O–H groups in total. The van der Waals surface area contributed by atoms with Crippen LogP contribution < -0.4 is 15.5 Å². The number of carbonyl (C=O) groups is 2. The fraction of sp³-hybridized carbons (Fsp3) is 0.312. The van der Waals surface area contributed by atoms with Gasteiger partial charge >= 0.3 is 0 Å². The fourth-order valence-electron chi connectivity index (χ4n) is 2.77. The molecule has 1 aliphatic heterocycles. The van der Waals surface area contributed by atoms with E-state index in [4.69, 9.17) is 0 Å². The molecule has 1 saturated heterocycles. The average Bonchev–Trinajstić information content (AvgIpc) is 3.21. The van der Waals surface area contributed by atoms with Crippen molar-refractivity contribution in [3.8, 4) is 0 Å². The molecule has 1 unspecified atom stereocenters. The maximum Gasteiger partial charge on any atom is 0.247 e. The monoisotopic (exact) mass is 366 g/mol. The van der Waals surface area contributed by atoms with E-state index in [1.807, 2.05) is 10.3 Å². The van der Waals surface area contributed by atoms with Gasteiger partial charge in [-0.05, 0) is 18.9 Å². The van der Waals surface area contributed by atoms with Gasteiger partial charge in [-0.1, -0.05) is 0 Å². The third-order valence-electron chi connectivity index (χ3n) is 3.85. The summed E-state index contributed by atoms with van der Waals surface area (Å²) in [5.41, 5.74) is -0.367. The highest BCUT2D eigenvalue weighted by molar-refractivity contribution is 7.13. The molecule has 1 fully saturated rings. The van der Waals surface area contributed by atoms with Crippen molar-refractivity contribution in [2.45, 2.75) is 25.8 Å². The van der Waals surface area contributed by atoms with Gasteiger partial charge in [0, 0.05) is 31.1 Å². The molecule has 1 aliphatic rings. The minimum Gasteiger partial charge on any atom is -0.336 e. The van der Waals surface area contributed by atoms with Gasteiger partial charge in [-0.2, -0.15) is 0 Å². The minimum absolute atomic E-state index is 0.180. The second-order valence-corrected chi connectivity index (χ2v) is 6.52. The Labute approximate surface area is 146 Å². The fourth-order valence-corrected chi connectivity index (χ4v) is 3.49. The highest BCUT2D eigenvalue weighted by Gasteiger charge is 2.32. The lowest BCUT2D eigenvalue weighted by molar-refractivity contribution is -0.117. The van der Waals surface area contributed by atoms with Crippen molar-refractivity contribution in [3.05, 3.63) is 35.3 Å². The highest BCUT2D eigenvalue weighted by atomic mass is 32.1. The molecule has 132 valence electrons. The van der Waals surface area contributed by atoms with Crippen molar-refractivity contribution in [2.24, 2.45) is 0 Å². The zero-order chi connectivity index (χ0) is 18.0. The number of thiazole rings is 1. The van der Waals surface area contributed by atoms with E-state index >= 15 is 0 Å². The van der Waals surface area contributed by atoms with Gasteiger partial charge < -0.3 is 15.5 Å². The van der Waals surface area contributed by atoms with Gasteiger partial charge in [-0.3, -0.25) is 9.59 Å². The molecule has 0 bridgehead atoms. The van der Waals surface area contributed by atoms with E-state index in [1.54, 1.807) is 6.20 Å². The number of halogens is 2. The van der Waals surface area contributed by atoms with Gasteiger partial charge in [0.15, 0.2) is 5.13 Å². The van der Waals surface area contributed by atoms with Crippen molar-refractivity contribution in [1.82, 2.24) is 4.98 Å². The van der Waals surface area contributed by atoms with Crippen molar-refractivity contribution < 1.29 is 18.4 Å². The number of hydrogen-bond acceptors (Lipinski definition) is 5. The molecule has 0 spiro atoms. The second kappa shape index (κ2) is 7.14. The molecule has 6 nitrogen and oxygen atoms in total. The zero-order valence-electron chi connectivity index (χ0n) is 13.4. The number of anilines is 3. The van der Waals surface area contributed by atoms with Gasteiger partial charge in [0.1, 0.15) is 17.7 Å². The number of nitrogens with one attached hydrogen (secondary N) is 2. The smallest absolute Gasteiger partial charge is 0.247 e. The average molecular weight is 366 g/mol. The number of aromatic nitrogens is 1. The SMILES string of the molecule is CC(=O)Nc1cc(NC(=O)C2CCCN2c2nccs2)c(F)cc1F. The van der Waals surface area contributed by atoms with E-state index in [2.05, 4.69) is 15.6 Å². The molecular weight excluding hydrogens is 350 g/mol. The lowest BCUT2D eigenvalue weighted by Crippen LogP contribution is -2.39. The van der Waals surface area contributed by atoms with E-state index in [0.717, 1.165) is 17.6 Å². The number of nitrogens with zero attached hydrogens (tertiary/aromatic N) is 2. The highest BCUT2D eigenvalue weighted by Crippen LogP contribution is 2.29. The summed E-state index contributed by atoms with van der Waals surface area (Å²) in [5, 5.41) is 7.31. The van der Waals surface area contributed by atoms with E-state index < -0.39 is 29.5 Å². The normalized spacial score (nSPS) is 16.8. The quantitative estimate of drug-likeness (QED) is 0.872. The summed E-state index contributed by atoms with van der Waals surface area (Å²) in [5.74, 6) is -2.70. The standard InChI is InChI=1S/C16H16F2N4O2S/c1-9(23)20-12-8-13(11(18)7-10(12)17)21-15(24)14-3-2-5-22(14)16-19-4-6-25-16/h4,6-8,14H,2-3,5H2,1H3,(H,20,23)(H,21,24). The number of benzene rings is 1. The van der Waals surface area contributed by atoms with Gasteiger partial charge in [-0.15, -0.1) is 11.3 Å². The summed E-state index contributed by atoms with van der Waals surface area (Å²) in [6.45, 7) is 1.90. The Bertz CT molecular complexity index is 798. The van der Waals surface area contributed by atoms with Gasteiger partial charge in [-0.25, -0.2) is 13.8 Å². The Morgan fingerprint density at radius 2 is 1.96 bits per heavy atom. The molecule has 0 saturated carbocycles. The van der Waals surface area contributed by atoms with Crippen LogP contribution in [0.4, 0.5) is 25.3 Å². The number of carbonyl (C=O) groups excluding carboxylic acids is 2. The molecule has 1 aromatic carbocycles. The van der Waals surface area contributed by atoms with Crippen LogP contribution in [0.3, 0.4) is 0 Å². The van der Waals surface area contributed by atoms with E-state index in [0.29, 0.717) is 19.0 Å². The van der Waals surface area contributed by atoms with Gasteiger partial charge in [0.05, 0.1) is 11.4 Å². The van der Waals surface area contributed by atoms with E-state index in [-0.39, 0.29) is 11.4 Å². The Morgan fingerprint density at radius 1 is 1.24 bits per heavy atom. The molecule has 1 atom stereocenters. The number of hydrogen-bond donors (Lipinski definition) is 2. The molecule has 2 heterocycles. The summed E-state index contributed by atoms with van der Waals surface area (Å²) < 4.78 is 27.7. The first-order chi connectivity index (χ1) is 12.0. The van der Waals surface area contributed by atoms with Gasteiger partial charge in [0.2, 0.25) is 11.8 Å². The van der Waals surface area contributed by atoms with Crippen LogP contribution in [0, 0.1) is 11.6 Å². The first kappa shape index (κ1) is 17.3. The lowest BCUT2D eigenvalue weighted by atomic mass is 10.2. The molecule has 0 aliphatic carbocycles. The Kier molecular flexibility index (Phi) is 4.93. The summed E-state index contributed by atoms with van der Waals surface area (Å²) in [6.07, 6.45) is 3.10. The summed E-state index contributed by atoms with van der Waals surface area (Å²) in [6, 6.07) is 1.24. The van der Waals surface area contributed by atoms with Crippen LogP contribution in [0.25, 0.3) is 0 Å². The summed E-state index contributed by atoms with van der Waals surface area (Å²) in [7, 11) is 0. The van der Waals surface area contributed by atoms with Crippen LogP contribution in [-0.2, 0) is 9.59 Å². The zero-order valence-corrected chi connectivity index (χ0v) is 14.2. The Balaban J connectivity index is 1.79. The number of rotatable bonds is 4. The van der Waals surface area contributed by atoms with Crippen LogP contribution in [0.1, 0.15) is 19.8 Å². The predicted octanol–water partition coefficient (Wildman–Crippen LogP) is 2.99. The molecule has 0 radical (unpaired) electrons. The van der Waals surface area contributed by atoms with Crippen LogP contribution in [0.5, 0.6) is 0 Å². The largest absolute Gasteiger partial charge is 0.336 e. The van der Waals surface area contributed by atoms with E-state index in [9.17, 15) is 18.4 Å². The molecule has 1 aromatic heterocycles. The molecule has 25 heavy (non-hydrogen) atoms. The van der Waals surface area contributed by atoms with Crippen molar-refractivity contribution in [1.29, 1.82) is 0 Å². The van der Waals surface area contributed by atoms with Gasteiger partial charge in [0.25, 0.3) is 0 Å². The van der Waals surface area contributed by atoms with Crippen LogP contribution in [0.15, 0.2) is 23.7 Å². The second-order valence-electron chi connectivity index (χ2n) is 5.65. The van der Waals surface area contributed by atoms with Crippen molar-refractivity contribution in [2.75, 3.05) is 22.1 Å². The third kappa shape index (κ3) is 3.76. The summed E-state index contributed by atoms with van der Waals surface area (Å²) >= 11 is 1.43. The molecule has 2 amide bonds. The van der Waals surface area contributed by atoms with Crippen LogP contribution in [-0.4, -0.2) is 29.4 Å². The molecule has 9 heteroatoms. The van der Waals surface area contributed by atoms with Crippen molar-refractivity contribution in [3.63, 3.8) is 0 Å². The third-order valence-corrected chi connectivity index (χ3v) is 4.65. The number of amides is 2. The Hall–Kier alpha value is -2.55. The maximum absolute atomic E-state index is 14.0. The van der Waals surface area contributed by atoms with E-state index in [1.165, 1.54) is 18.3 Å². The first-order valence-corrected chi connectivity index (χ1v) is 8.57. The maximum atomic E-state index is 14.0. The van der Waals surface area contributed by atoms with Crippen LogP contribution >= 0.6 is 11.3 Å². The van der Waals surface area contributed by atoms with Crippen molar-refractivity contribution >= 4 is 39.7 Å². The molecule has 2 aromatic rings. The molecular formula is C16H16F2N4O2S. The lowest BCUT2D eigenvalue weighted by Gasteiger charge is -2.23. The van der Waals surface area contributed by atoms with Crippen LogP contribution in [0.2, 0.25) is 0 Å². The minimum atomic E-state index is -0.907. The summed E-state index contributed by atoms with van der Waals surface area (Å²) in [4.78, 5) is 29.7.